The molecule has 2 fully saturated rings. The van der Waals surface area contributed by atoms with Crippen molar-refractivity contribution < 1.29 is 62.2 Å². The summed E-state index contributed by atoms with van der Waals surface area (Å²) in [5.74, 6) is -3.61. The topological polar surface area (TPSA) is 170 Å². The summed E-state index contributed by atoms with van der Waals surface area (Å²) in [7, 11) is 0. The van der Waals surface area contributed by atoms with E-state index in [9.17, 15) is 29.1 Å². The van der Waals surface area contributed by atoms with Gasteiger partial charge < -0.3 is 38.3 Å². The van der Waals surface area contributed by atoms with Crippen LogP contribution in [0.4, 0.5) is 0 Å². The fourth-order valence-corrected chi connectivity index (χ4v) is 5.62. The molecule has 0 amide bonds. The average molecular weight is 601 g/mol. The van der Waals surface area contributed by atoms with Crippen molar-refractivity contribution in [3.63, 3.8) is 0 Å². The molecule has 13 heteroatoms. The molecule has 1 heterocycles. The van der Waals surface area contributed by atoms with Gasteiger partial charge >= 0.3 is 29.8 Å². The van der Waals surface area contributed by atoms with E-state index >= 15 is 0 Å². The first kappa shape index (κ1) is 35.2. The van der Waals surface area contributed by atoms with Crippen LogP contribution in [-0.4, -0.2) is 90.1 Å². The van der Waals surface area contributed by atoms with E-state index in [0.29, 0.717) is 12.8 Å². The van der Waals surface area contributed by atoms with E-state index in [1.165, 1.54) is 13.8 Å². The van der Waals surface area contributed by atoms with Gasteiger partial charge in [-0.1, -0.05) is 26.8 Å². The molecule has 1 aliphatic heterocycles. The summed E-state index contributed by atoms with van der Waals surface area (Å²) in [6.07, 6.45) is -3.52. The largest absolute Gasteiger partial charge is 0.463 e. The Hall–Kier alpha value is -3.03. The van der Waals surface area contributed by atoms with Crippen molar-refractivity contribution in [1.29, 1.82) is 0 Å². The van der Waals surface area contributed by atoms with E-state index in [1.54, 1.807) is 19.1 Å². The van der Waals surface area contributed by atoms with Gasteiger partial charge in [0.05, 0.1) is 11.7 Å². The zero-order valence-corrected chi connectivity index (χ0v) is 25.7. The van der Waals surface area contributed by atoms with Gasteiger partial charge in [0.2, 0.25) is 0 Å². The molecular weight excluding hydrogens is 556 g/mol. The van der Waals surface area contributed by atoms with Crippen LogP contribution < -0.4 is 0 Å². The number of rotatable bonds is 10. The zero-order valence-electron chi connectivity index (χ0n) is 25.7. The number of ether oxygens (including phenoxy) is 7. The highest BCUT2D eigenvalue weighted by atomic mass is 16.7. The maximum atomic E-state index is 12.1. The maximum Gasteiger partial charge on any atom is 0.303 e. The average Bonchev–Trinajstić information content (AvgIpc) is 2.82. The predicted octanol–water partition coefficient (Wildman–Crippen LogP) is 2.15. The number of carbonyl (C=O) groups excluding carboxylic acids is 5. The van der Waals surface area contributed by atoms with Crippen LogP contribution in [0, 0.1) is 11.3 Å². The molecule has 42 heavy (non-hydrogen) atoms. The highest BCUT2D eigenvalue weighted by Crippen LogP contribution is 2.49. The second-order valence-corrected chi connectivity index (χ2v) is 11.5. The summed E-state index contributed by atoms with van der Waals surface area (Å²) >= 11 is 0. The van der Waals surface area contributed by atoms with E-state index in [4.69, 9.17) is 33.2 Å². The third-order valence-corrected chi connectivity index (χ3v) is 7.44. The van der Waals surface area contributed by atoms with Crippen LogP contribution in [-0.2, 0) is 57.1 Å². The van der Waals surface area contributed by atoms with Crippen LogP contribution in [0.2, 0.25) is 0 Å². The van der Waals surface area contributed by atoms with E-state index in [2.05, 4.69) is 0 Å². The molecule has 1 N–H and O–H groups in total. The van der Waals surface area contributed by atoms with Gasteiger partial charge in [0, 0.05) is 34.6 Å². The monoisotopic (exact) mass is 600 g/mol. The maximum absolute atomic E-state index is 12.1. The number of hydrogen-bond acceptors (Lipinski definition) is 13. The highest BCUT2D eigenvalue weighted by Gasteiger charge is 2.56. The molecule has 1 saturated heterocycles. The van der Waals surface area contributed by atoms with Crippen molar-refractivity contribution in [3.8, 4) is 0 Å². The van der Waals surface area contributed by atoms with Crippen molar-refractivity contribution in [2.45, 2.75) is 124 Å². The second-order valence-electron chi connectivity index (χ2n) is 11.5. The van der Waals surface area contributed by atoms with Crippen molar-refractivity contribution >= 4 is 29.8 Å². The lowest BCUT2D eigenvalue weighted by Crippen LogP contribution is -2.64. The Labute approximate surface area is 246 Å². The Morgan fingerprint density at radius 1 is 0.881 bits per heavy atom. The molecule has 238 valence electrons. The van der Waals surface area contributed by atoms with Gasteiger partial charge in [0.15, 0.2) is 24.6 Å². The number of aliphatic hydroxyl groups is 1. The summed E-state index contributed by atoms with van der Waals surface area (Å²) in [6.45, 7) is 12.9. The van der Waals surface area contributed by atoms with E-state index in [1.807, 2.05) is 20.8 Å². The predicted molar refractivity (Wildman–Crippen MR) is 144 cm³/mol. The molecule has 0 spiro atoms. The van der Waals surface area contributed by atoms with Gasteiger partial charge in [0.25, 0.3) is 0 Å². The third kappa shape index (κ3) is 9.23. The molecule has 0 radical (unpaired) electrons. The minimum Gasteiger partial charge on any atom is -0.463 e. The fourth-order valence-electron chi connectivity index (χ4n) is 5.62. The van der Waals surface area contributed by atoms with Gasteiger partial charge in [-0.2, -0.15) is 0 Å². The summed E-state index contributed by atoms with van der Waals surface area (Å²) in [5, 5.41) is 11.7. The minimum absolute atomic E-state index is 0.326. The van der Waals surface area contributed by atoms with Crippen LogP contribution in [0.15, 0.2) is 12.2 Å². The fraction of sp³-hybridized carbons (Fsp3) is 0.759. The van der Waals surface area contributed by atoms with Gasteiger partial charge in [-0.3, -0.25) is 24.0 Å². The minimum atomic E-state index is -1.34. The first-order valence-electron chi connectivity index (χ1n) is 13.9. The zero-order chi connectivity index (χ0) is 32.0. The first-order chi connectivity index (χ1) is 19.4. The number of hydrogen-bond donors (Lipinski definition) is 1. The summed E-state index contributed by atoms with van der Waals surface area (Å²) in [4.78, 5) is 59.0. The van der Waals surface area contributed by atoms with Crippen LogP contribution in [0.25, 0.3) is 0 Å². The molecule has 0 aromatic rings. The van der Waals surface area contributed by atoms with E-state index in [0.717, 1.165) is 20.8 Å². The van der Waals surface area contributed by atoms with E-state index in [-0.39, 0.29) is 12.5 Å². The molecule has 2 aliphatic rings. The summed E-state index contributed by atoms with van der Waals surface area (Å²) in [6, 6.07) is 0. The normalized spacial score (nSPS) is 33.2. The van der Waals surface area contributed by atoms with Gasteiger partial charge in [-0.05, 0) is 37.2 Å². The van der Waals surface area contributed by atoms with Crippen LogP contribution in [0.3, 0.4) is 0 Å². The smallest absolute Gasteiger partial charge is 0.303 e. The Morgan fingerprint density at radius 2 is 1.43 bits per heavy atom. The standard InChI is InChI=1S/C29H44O13/c1-15-12-22(13-28(8,9)29(15,35)11-10-16(2)37-18(4)31)41-27-26(40-21(7)34)25(39-20(6)33)24(38-19(5)32)23(42-27)14-36-17(3)30/h10-11,15-16,22-27,35H,12-14H2,1-9H3/b11-10+/t15-,16-,22+,23-,24-,25+,26-,27-,29-/m1/s1. The Balaban J connectivity index is 2.40. The molecule has 0 aromatic heterocycles. The lowest BCUT2D eigenvalue weighted by atomic mass is 9.59. The van der Waals surface area contributed by atoms with Crippen molar-refractivity contribution in [2.24, 2.45) is 11.3 Å². The third-order valence-electron chi connectivity index (χ3n) is 7.44. The van der Waals surface area contributed by atoms with Crippen LogP contribution in [0.1, 0.15) is 75.2 Å². The molecule has 0 aromatic carbocycles. The molecule has 0 unspecified atom stereocenters. The van der Waals surface area contributed by atoms with Gasteiger partial charge in [-0.15, -0.1) is 0 Å². The van der Waals surface area contributed by atoms with Gasteiger partial charge in [-0.25, -0.2) is 0 Å². The molecule has 2 rings (SSSR count). The summed E-state index contributed by atoms with van der Waals surface area (Å²) in [5.41, 5.74) is -2.04. The quantitative estimate of drug-likeness (QED) is 0.220. The number of carbonyl (C=O) groups is 5. The molecule has 0 bridgehead atoms. The SMILES string of the molecule is CC(=O)OC[C@H]1O[C@@H](O[C@H]2C[C@@H](C)[C@](O)(/C=C/[C@@H](C)OC(C)=O)C(C)(C)C2)[C@H](OC(C)=O)[C@@H](OC(C)=O)[C@@H]1OC(C)=O. The molecular formula is C29H44O13. The Kier molecular flexibility index (Phi) is 12.1. The van der Waals surface area contributed by atoms with Crippen LogP contribution in [0.5, 0.6) is 0 Å². The Morgan fingerprint density at radius 3 is 1.93 bits per heavy atom. The first-order valence-corrected chi connectivity index (χ1v) is 13.9. The lowest BCUT2D eigenvalue weighted by Gasteiger charge is -2.52. The summed E-state index contributed by atoms with van der Waals surface area (Å²) < 4.78 is 39.1. The van der Waals surface area contributed by atoms with Gasteiger partial charge in [0.1, 0.15) is 18.8 Å². The highest BCUT2D eigenvalue weighted by molar-refractivity contribution is 5.69. The van der Waals surface area contributed by atoms with Crippen molar-refractivity contribution in [3.05, 3.63) is 12.2 Å². The lowest BCUT2D eigenvalue weighted by molar-refractivity contribution is -0.323. The van der Waals surface area contributed by atoms with Crippen molar-refractivity contribution in [1.82, 2.24) is 0 Å². The Bertz CT molecular complexity index is 1040. The van der Waals surface area contributed by atoms with Crippen LogP contribution >= 0.6 is 0 Å². The molecule has 13 nitrogen and oxygen atoms in total. The second kappa shape index (κ2) is 14.4. The molecule has 9 atom stereocenters. The van der Waals surface area contributed by atoms with Crippen molar-refractivity contribution in [2.75, 3.05) is 6.61 Å². The molecule has 1 aliphatic carbocycles. The number of esters is 5. The van der Waals surface area contributed by atoms with E-state index < -0.39 is 83.8 Å². The molecule has 1 saturated carbocycles.